The van der Waals surface area contributed by atoms with Crippen LogP contribution >= 0.6 is 0 Å². The Kier molecular flexibility index (Phi) is 5.78. The first-order chi connectivity index (χ1) is 8.17. The Labute approximate surface area is 103 Å². The predicted octanol–water partition coefficient (Wildman–Crippen LogP) is 1.36. The number of nitriles is 1. The van der Waals surface area contributed by atoms with E-state index in [1.807, 2.05) is 13.8 Å². The van der Waals surface area contributed by atoms with Crippen molar-refractivity contribution in [3.05, 3.63) is 0 Å². The molecule has 0 bridgehead atoms. The highest BCUT2D eigenvalue weighted by atomic mass is 16.6. The van der Waals surface area contributed by atoms with E-state index in [0.29, 0.717) is 12.6 Å². The van der Waals surface area contributed by atoms with Crippen LogP contribution in [-0.2, 0) is 4.74 Å². The molecule has 0 aromatic rings. The third-order valence-electron chi connectivity index (χ3n) is 2.95. The molecule has 1 amide bonds. The van der Waals surface area contributed by atoms with Crippen molar-refractivity contribution in [2.75, 3.05) is 26.2 Å². The summed E-state index contributed by atoms with van der Waals surface area (Å²) in [6, 6.07) is 2.61. The molecule has 0 aromatic heterocycles. The Morgan fingerprint density at radius 2 is 2.24 bits per heavy atom. The van der Waals surface area contributed by atoms with Gasteiger partial charge >= 0.3 is 6.09 Å². The van der Waals surface area contributed by atoms with E-state index in [9.17, 15) is 4.79 Å². The van der Waals surface area contributed by atoms with Gasteiger partial charge in [0, 0.05) is 25.7 Å². The second kappa shape index (κ2) is 7.13. The molecule has 0 radical (unpaired) electrons. The van der Waals surface area contributed by atoms with Gasteiger partial charge in [-0.15, -0.1) is 0 Å². The van der Waals surface area contributed by atoms with Gasteiger partial charge in [-0.2, -0.15) is 5.26 Å². The van der Waals surface area contributed by atoms with Crippen LogP contribution < -0.4 is 5.32 Å². The summed E-state index contributed by atoms with van der Waals surface area (Å²) in [5, 5.41) is 12.0. The van der Waals surface area contributed by atoms with Crippen molar-refractivity contribution in [3.8, 4) is 6.07 Å². The molecule has 1 fully saturated rings. The summed E-state index contributed by atoms with van der Waals surface area (Å²) in [7, 11) is 0. The molecule has 1 rings (SSSR count). The number of nitrogens with one attached hydrogen (secondary N) is 1. The van der Waals surface area contributed by atoms with Crippen molar-refractivity contribution in [1.82, 2.24) is 10.2 Å². The second-order valence-corrected chi connectivity index (χ2v) is 4.40. The summed E-state index contributed by atoms with van der Waals surface area (Å²) in [4.78, 5) is 13.2. The Morgan fingerprint density at radius 1 is 1.59 bits per heavy atom. The van der Waals surface area contributed by atoms with Crippen LogP contribution in [-0.4, -0.2) is 43.3 Å². The third kappa shape index (κ3) is 4.61. The van der Waals surface area contributed by atoms with Gasteiger partial charge in [-0.3, -0.25) is 0 Å². The van der Waals surface area contributed by atoms with Gasteiger partial charge in [0.2, 0.25) is 0 Å². The molecule has 0 aliphatic carbocycles. The fourth-order valence-electron chi connectivity index (χ4n) is 1.87. The lowest BCUT2D eigenvalue weighted by atomic mass is 10.0. The van der Waals surface area contributed by atoms with Crippen LogP contribution in [0.15, 0.2) is 0 Å². The first kappa shape index (κ1) is 13.8. The van der Waals surface area contributed by atoms with Crippen molar-refractivity contribution in [2.45, 2.75) is 32.7 Å². The number of rotatable bonds is 4. The minimum atomic E-state index is -0.212. The van der Waals surface area contributed by atoms with Crippen LogP contribution in [0.3, 0.4) is 0 Å². The maximum atomic E-state index is 11.5. The molecule has 1 aliphatic heterocycles. The SMILES string of the molecule is CCOC(=O)N1CCC(NCC(C)C#N)CC1. The molecular formula is C12H21N3O2. The summed E-state index contributed by atoms with van der Waals surface area (Å²) in [6.45, 7) is 6.34. The van der Waals surface area contributed by atoms with Crippen LogP contribution in [0.4, 0.5) is 4.79 Å². The average molecular weight is 239 g/mol. The molecule has 1 N–H and O–H groups in total. The normalized spacial score (nSPS) is 18.5. The zero-order valence-corrected chi connectivity index (χ0v) is 10.6. The van der Waals surface area contributed by atoms with E-state index in [2.05, 4.69) is 11.4 Å². The molecule has 1 unspecified atom stereocenters. The average Bonchev–Trinajstić information content (AvgIpc) is 2.36. The Morgan fingerprint density at radius 3 is 2.76 bits per heavy atom. The van der Waals surface area contributed by atoms with Gasteiger partial charge < -0.3 is 15.0 Å². The number of carbonyl (C=O) groups is 1. The van der Waals surface area contributed by atoms with Gasteiger partial charge in [0.15, 0.2) is 0 Å². The molecule has 0 spiro atoms. The quantitative estimate of drug-likeness (QED) is 0.804. The van der Waals surface area contributed by atoms with E-state index in [1.54, 1.807) is 4.90 Å². The Bertz CT molecular complexity index is 280. The van der Waals surface area contributed by atoms with Gasteiger partial charge in [0.1, 0.15) is 0 Å². The zero-order chi connectivity index (χ0) is 12.7. The maximum absolute atomic E-state index is 11.5. The van der Waals surface area contributed by atoms with Gasteiger partial charge in [-0.25, -0.2) is 4.79 Å². The summed E-state index contributed by atoms with van der Waals surface area (Å²) in [5.41, 5.74) is 0. The second-order valence-electron chi connectivity index (χ2n) is 4.40. The molecule has 96 valence electrons. The zero-order valence-electron chi connectivity index (χ0n) is 10.6. The number of likely N-dealkylation sites (tertiary alicyclic amines) is 1. The molecule has 1 atom stereocenters. The van der Waals surface area contributed by atoms with Crippen LogP contribution in [0, 0.1) is 17.2 Å². The van der Waals surface area contributed by atoms with Crippen molar-refractivity contribution >= 4 is 6.09 Å². The lowest BCUT2D eigenvalue weighted by Gasteiger charge is -2.31. The molecule has 0 saturated carbocycles. The molecule has 17 heavy (non-hydrogen) atoms. The number of nitrogens with zero attached hydrogens (tertiary/aromatic N) is 2. The topological polar surface area (TPSA) is 65.4 Å². The standard InChI is InChI=1S/C12H21N3O2/c1-3-17-12(16)15-6-4-11(5-7-15)14-9-10(2)8-13/h10-11,14H,3-7,9H2,1-2H3. The van der Waals surface area contributed by atoms with E-state index in [0.717, 1.165) is 32.5 Å². The highest BCUT2D eigenvalue weighted by Crippen LogP contribution is 2.11. The number of amides is 1. The maximum Gasteiger partial charge on any atom is 0.409 e. The molecular weight excluding hydrogens is 218 g/mol. The number of piperidine rings is 1. The van der Waals surface area contributed by atoms with Crippen LogP contribution in [0.25, 0.3) is 0 Å². The summed E-state index contributed by atoms with van der Waals surface area (Å²) in [5.74, 6) is 0.0399. The third-order valence-corrected chi connectivity index (χ3v) is 2.95. The van der Waals surface area contributed by atoms with Gasteiger partial charge in [0.05, 0.1) is 18.6 Å². The smallest absolute Gasteiger partial charge is 0.409 e. The highest BCUT2D eigenvalue weighted by Gasteiger charge is 2.23. The summed E-state index contributed by atoms with van der Waals surface area (Å²) >= 11 is 0. The molecule has 1 saturated heterocycles. The van der Waals surface area contributed by atoms with Crippen LogP contribution in [0.2, 0.25) is 0 Å². The van der Waals surface area contributed by atoms with Gasteiger partial charge in [-0.05, 0) is 26.7 Å². The molecule has 5 heteroatoms. The molecule has 5 nitrogen and oxygen atoms in total. The largest absolute Gasteiger partial charge is 0.450 e. The molecule has 1 aliphatic rings. The van der Waals surface area contributed by atoms with Crippen molar-refractivity contribution in [3.63, 3.8) is 0 Å². The van der Waals surface area contributed by atoms with E-state index < -0.39 is 0 Å². The molecule has 0 aromatic carbocycles. The van der Waals surface area contributed by atoms with E-state index in [1.165, 1.54) is 0 Å². The summed E-state index contributed by atoms with van der Waals surface area (Å²) in [6.07, 6.45) is 1.64. The number of hydrogen-bond donors (Lipinski definition) is 1. The van der Waals surface area contributed by atoms with Crippen LogP contribution in [0.1, 0.15) is 26.7 Å². The van der Waals surface area contributed by atoms with Gasteiger partial charge in [-0.1, -0.05) is 0 Å². The van der Waals surface area contributed by atoms with Gasteiger partial charge in [0.25, 0.3) is 0 Å². The number of hydrogen-bond acceptors (Lipinski definition) is 4. The van der Waals surface area contributed by atoms with Crippen molar-refractivity contribution in [2.24, 2.45) is 5.92 Å². The fourth-order valence-corrected chi connectivity index (χ4v) is 1.87. The Hall–Kier alpha value is -1.28. The van der Waals surface area contributed by atoms with Crippen LogP contribution in [0.5, 0.6) is 0 Å². The lowest BCUT2D eigenvalue weighted by molar-refractivity contribution is 0.0950. The monoisotopic (exact) mass is 239 g/mol. The number of ether oxygens (including phenoxy) is 1. The minimum Gasteiger partial charge on any atom is -0.450 e. The Balaban J connectivity index is 2.22. The summed E-state index contributed by atoms with van der Waals surface area (Å²) < 4.78 is 4.96. The van der Waals surface area contributed by atoms with Crippen molar-refractivity contribution in [1.29, 1.82) is 5.26 Å². The first-order valence-corrected chi connectivity index (χ1v) is 6.22. The number of carbonyl (C=O) groups excluding carboxylic acids is 1. The molecule has 1 heterocycles. The highest BCUT2D eigenvalue weighted by molar-refractivity contribution is 5.67. The van der Waals surface area contributed by atoms with Crippen molar-refractivity contribution < 1.29 is 9.53 Å². The fraction of sp³-hybridized carbons (Fsp3) is 0.833. The predicted molar refractivity (Wildman–Crippen MR) is 64.4 cm³/mol. The first-order valence-electron chi connectivity index (χ1n) is 6.22. The van der Waals surface area contributed by atoms with E-state index in [-0.39, 0.29) is 12.0 Å². The van der Waals surface area contributed by atoms with E-state index in [4.69, 9.17) is 10.00 Å². The lowest BCUT2D eigenvalue weighted by Crippen LogP contribution is -2.45. The minimum absolute atomic E-state index is 0.0399. The van der Waals surface area contributed by atoms with E-state index >= 15 is 0 Å².